The van der Waals surface area contributed by atoms with E-state index in [4.69, 9.17) is 14.2 Å². The molecule has 0 spiro atoms. The van der Waals surface area contributed by atoms with E-state index < -0.39 is 0 Å². The van der Waals surface area contributed by atoms with Gasteiger partial charge in [-0.05, 0) is 79.0 Å². The molecule has 4 rings (SSSR count). The molecule has 3 aromatic carbocycles. The minimum absolute atomic E-state index is 0.0182. The van der Waals surface area contributed by atoms with Crippen LogP contribution in [0.1, 0.15) is 47.8 Å². The quantitative estimate of drug-likeness (QED) is 0.455. The molecular formula is C28H34N2O4. The first-order valence-electron chi connectivity index (χ1n) is 11.8. The fourth-order valence-corrected chi connectivity index (χ4v) is 4.96. The molecule has 0 N–H and O–H groups in total. The number of fused-ring (bicyclic) bond motifs is 2. The summed E-state index contributed by atoms with van der Waals surface area (Å²) >= 11 is 0. The molecule has 6 nitrogen and oxygen atoms in total. The van der Waals surface area contributed by atoms with Crippen molar-refractivity contribution in [3.63, 3.8) is 0 Å². The van der Waals surface area contributed by atoms with Crippen molar-refractivity contribution in [3.05, 3.63) is 65.2 Å². The Bertz CT molecular complexity index is 1190. The number of ether oxygens (including phenoxy) is 3. The van der Waals surface area contributed by atoms with Gasteiger partial charge in [0.05, 0.1) is 27.5 Å². The first-order chi connectivity index (χ1) is 16.4. The van der Waals surface area contributed by atoms with Crippen LogP contribution in [-0.2, 0) is 6.42 Å². The van der Waals surface area contributed by atoms with Crippen molar-refractivity contribution in [2.45, 2.75) is 38.9 Å². The van der Waals surface area contributed by atoms with Crippen LogP contribution in [0.25, 0.3) is 10.8 Å². The minimum atomic E-state index is -0.0182. The second kappa shape index (κ2) is 9.94. The van der Waals surface area contributed by atoms with Gasteiger partial charge in [-0.15, -0.1) is 0 Å². The highest BCUT2D eigenvalue weighted by atomic mass is 16.5. The van der Waals surface area contributed by atoms with Gasteiger partial charge in [-0.3, -0.25) is 9.69 Å². The van der Waals surface area contributed by atoms with Crippen molar-refractivity contribution in [2.75, 3.05) is 34.9 Å². The van der Waals surface area contributed by atoms with Crippen molar-refractivity contribution in [1.29, 1.82) is 0 Å². The number of hydrogen-bond donors (Lipinski definition) is 0. The number of rotatable bonds is 8. The van der Waals surface area contributed by atoms with Crippen LogP contribution >= 0.6 is 0 Å². The fraction of sp³-hybridized carbons (Fsp3) is 0.393. The number of methoxy groups -OCH3 is 3. The van der Waals surface area contributed by atoms with Gasteiger partial charge in [0.25, 0.3) is 5.91 Å². The lowest BCUT2D eigenvalue weighted by Crippen LogP contribution is -2.52. The van der Waals surface area contributed by atoms with Crippen LogP contribution in [0.15, 0.2) is 48.5 Å². The number of benzene rings is 3. The molecule has 1 heterocycles. The second-order valence-electron chi connectivity index (χ2n) is 8.82. The lowest BCUT2D eigenvalue weighted by molar-refractivity contribution is 0.0234. The van der Waals surface area contributed by atoms with Crippen LogP contribution in [0, 0.1) is 0 Å². The van der Waals surface area contributed by atoms with E-state index >= 15 is 0 Å². The van der Waals surface area contributed by atoms with Gasteiger partial charge in [-0.25, -0.2) is 0 Å². The zero-order valence-electron chi connectivity index (χ0n) is 20.9. The van der Waals surface area contributed by atoms with E-state index in [1.54, 1.807) is 21.3 Å². The maximum atomic E-state index is 13.6. The van der Waals surface area contributed by atoms with Gasteiger partial charge in [0.15, 0.2) is 11.5 Å². The lowest BCUT2D eigenvalue weighted by Gasteiger charge is -2.42. The average molecular weight is 463 g/mol. The minimum Gasteiger partial charge on any atom is -0.497 e. The Kier molecular flexibility index (Phi) is 6.98. The van der Waals surface area contributed by atoms with Crippen LogP contribution in [0.4, 0.5) is 0 Å². The number of amides is 1. The number of hydrogen-bond acceptors (Lipinski definition) is 5. The standard InChI is InChI=1S/C28H34N2O4/c1-7-27(30-13-12-22-16-25(33-5)26(34-6)17-24(22)28(30)31)29(3)18(2)19-8-9-21-15-23(32-4)11-10-20(21)14-19/h8-11,14-18,27H,7,12-13H2,1-6H3. The predicted octanol–water partition coefficient (Wildman–Crippen LogP) is 5.29. The normalized spacial score (nSPS) is 15.3. The summed E-state index contributed by atoms with van der Waals surface area (Å²) in [6, 6.07) is 16.5. The fourth-order valence-electron chi connectivity index (χ4n) is 4.96. The molecular weight excluding hydrogens is 428 g/mol. The molecule has 1 aliphatic rings. The molecule has 6 heteroatoms. The van der Waals surface area contributed by atoms with E-state index in [9.17, 15) is 4.79 Å². The van der Waals surface area contributed by atoms with E-state index in [-0.39, 0.29) is 18.1 Å². The molecule has 1 amide bonds. The molecule has 0 radical (unpaired) electrons. The van der Waals surface area contributed by atoms with Gasteiger partial charge in [-0.2, -0.15) is 0 Å². The maximum Gasteiger partial charge on any atom is 0.255 e. The van der Waals surface area contributed by atoms with Gasteiger partial charge >= 0.3 is 0 Å². The Morgan fingerprint density at radius 1 is 0.941 bits per heavy atom. The van der Waals surface area contributed by atoms with Crippen molar-refractivity contribution in [3.8, 4) is 17.2 Å². The summed E-state index contributed by atoms with van der Waals surface area (Å²) in [5.74, 6) is 2.14. The van der Waals surface area contributed by atoms with E-state index in [1.165, 1.54) is 10.9 Å². The van der Waals surface area contributed by atoms with Crippen LogP contribution < -0.4 is 14.2 Å². The topological polar surface area (TPSA) is 51.2 Å². The van der Waals surface area contributed by atoms with Crippen LogP contribution in [-0.4, -0.2) is 56.8 Å². The highest BCUT2D eigenvalue weighted by molar-refractivity contribution is 5.97. The Balaban J connectivity index is 1.59. The molecule has 180 valence electrons. The molecule has 0 aromatic heterocycles. The third-order valence-corrected chi connectivity index (χ3v) is 7.08. The molecule has 2 atom stereocenters. The highest BCUT2D eigenvalue weighted by Gasteiger charge is 2.34. The predicted molar refractivity (Wildman–Crippen MR) is 135 cm³/mol. The average Bonchev–Trinajstić information content (AvgIpc) is 2.88. The second-order valence-corrected chi connectivity index (χ2v) is 8.82. The maximum absolute atomic E-state index is 13.6. The molecule has 0 fully saturated rings. The molecule has 0 aliphatic carbocycles. The van der Waals surface area contributed by atoms with E-state index in [0.29, 0.717) is 23.6 Å². The van der Waals surface area contributed by atoms with E-state index in [2.05, 4.69) is 56.1 Å². The third kappa shape index (κ3) is 4.30. The van der Waals surface area contributed by atoms with Gasteiger partial charge in [0.1, 0.15) is 5.75 Å². The SMILES string of the molecule is CCC(N1CCc2cc(OC)c(OC)cc2C1=O)N(C)C(C)c1ccc2cc(OC)ccc2c1. The Hall–Kier alpha value is -3.25. The van der Waals surface area contributed by atoms with Gasteiger partial charge in [-0.1, -0.05) is 25.1 Å². The molecule has 0 saturated heterocycles. The summed E-state index contributed by atoms with van der Waals surface area (Å²) in [6.07, 6.45) is 1.60. The number of carbonyl (C=O) groups excluding carboxylic acids is 1. The van der Waals surface area contributed by atoms with E-state index in [1.807, 2.05) is 23.1 Å². The van der Waals surface area contributed by atoms with Crippen molar-refractivity contribution >= 4 is 16.7 Å². The van der Waals surface area contributed by atoms with Crippen LogP contribution in [0.3, 0.4) is 0 Å². The third-order valence-electron chi connectivity index (χ3n) is 7.08. The monoisotopic (exact) mass is 462 g/mol. The van der Waals surface area contributed by atoms with Crippen molar-refractivity contribution in [2.24, 2.45) is 0 Å². The number of nitrogens with zero attached hydrogens (tertiary/aromatic N) is 2. The molecule has 2 unspecified atom stereocenters. The first kappa shape index (κ1) is 23.9. The van der Waals surface area contributed by atoms with Crippen LogP contribution in [0.2, 0.25) is 0 Å². The Morgan fingerprint density at radius 2 is 1.62 bits per heavy atom. The summed E-state index contributed by atoms with van der Waals surface area (Å²) in [4.78, 5) is 17.9. The Labute approximate surface area is 202 Å². The van der Waals surface area contributed by atoms with Crippen molar-refractivity contribution in [1.82, 2.24) is 9.80 Å². The first-order valence-corrected chi connectivity index (χ1v) is 11.8. The molecule has 3 aromatic rings. The van der Waals surface area contributed by atoms with E-state index in [0.717, 1.165) is 29.5 Å². The highest BCUT2D eigenvalue weighted by Crippen LogP contribution is 2.35. The van der Waals surface area contributed by atoms with Crippen LogP contribution in [0.5, 0.6) is 17.2 Å². The molecule has 0 saturated carbocycles. The lowest BCUT2D eigenvalue weighted by atomic mass is 9.96. The zero-order valence-corrected chi connectivity index (χ0v) is 20.9. The number of carbonyl (C=O) groups is 1. The van der Waals surface area contributed by atoms with Gasteiger partial charge < -0.3 is 19.1 Å². The van der Waals surface area contributed by atoms with Gasteiger partial charge in [0.2, 0.25) is 0 Å². The van der Waals surface area contributed by atoms with Gasteiger partial charge in [0, 0.05) is 18.2 Å². The summed E-state index contributed by atoms with van der Waals surface area (Å²) in [7, 11) is 7.01. The zero-order chi connectivity index (χ0) is 24.4. The smallest absolute Gasteiger partial charge is 0.255 e. The molecule has 0 bridgehead atoms. The summed E-state index contributed by atoms with van der Waals surface area (Å²) in [5, 5.41) is 2.33. The van der Waals surface area contributed by atoms with Crippen molar-refractivity contribution < 1.29 is 19.0 Å². The molecule has 34 heavy (non-hydrogen) atoms. The Morgan fingerprint density at radius 3 is 2.29 bits per heavy atom. The summed E-state index contributed by atoms with van der Waals surface area (Å²) in [5.41, 5.74) is 2.92. The largest absolute Gasteiger partial charge is 0.497 e. The molecule has 1 aliphatic heterocycles. The summed E-state index contributed by atoms with van der Waals surface area (Å²) in [6.45, 7) is 5.01. The summed E-state index contributed by atoms with van der Waals surface area (Å²) < 4.78 is 16.2.